The number of hydrogen-bond donors (Lipinski definition) is 0. The number of urea groups is 1. The third-order valence-electron chi connectivity index (χ3n) is 7.05. The first-order valence-electron chi connectivity index (χ1n) is 13.6. The minimum absolute atomic E-state index is 0.408. The smallest absolute Gasteiger partial charge is 0.311 e. The fourth-order valence-corrected chi connectivity index (χ4v) is 5.01. The number of rotatable bonds is 7. The lowest BCUT2D eigenvalue weighted by Gasteiger charge is -2.36. The van der Waals surface area contributed by atoms with Gasteiger partial charge in [-0.15, -0.1) is 0 Å². The van der Waals surface area contributed by atoms with Crippen molar-refractivity contribution in [2.75, 3.05) is 14.7 Å². The topological polar surface area (TPSA) is 60.9 Å². The number of carbonyl (C=O) groups excluding carboxylic acids is 3. The third-order valence-corrected chi connectivity index (χ3v) is 7.05. The summed E-state index contributed by atoms with van der Waals surface area (Å²) in [6.45, 7) is 0. The highest BCUT2D eigenvalue weighted by molar-refractivity contribution is 6.37. The van der Waals surface area contributed by atoms with E-state index in [2.05, 4.69) is 29.2 Å². The Balaban J connectivity index is 1.32. The number of para-hydroxylation sites is 4. The molecule has 5 aromatic rings. The largest absolute Gasteiger partial charge is 0.342 e. The molecule has 0 saturated carbocycles. The first-order chi connectivity index (χ1) is 20.6. The molecule has 0 atom stereocenters. The number of benzene rings is 5. The Hall–Kier alpha value is -5.75. The highest BCUT2D eigenvalue weighted by atomic mass is 16.2. The van der Waals surface area contributed by atoms with Gasteiger partial charge in [0.15, 0.2) is 0 Å². The van der Waals surface area contributed by atoms with Gasteiger partial charge in [0, 0.05) is 17.1 Å². The fraction of sp³-hybridized carbons (Fsp3) is 0.0278. The van der Waals surface area contributed by atoms with Crippen molar-refractivity contribution in [2.24, 2.45) is 5.92 Å². The van der Waals surface area contributed by atoms with Gasteiger partial charge in [-0.05, 0) is 66.2 Å². The van der Waals surface area contributed by atoms with Crippen molar-refractivity contribution >= 4 is 52.4 Å². The van der Waals surface area contributed by atoms with E-state index in [1.54, 1.807) is 72.8 Å². The Kier molecular flexibility index (Phi) is 7.42. The Morgan fingerprint density at radius 3 is 1.29 bits per heavy atom. The highest BCUT2D eigenvalue weighted by Gasteiger charge is 2.46. The van der Waals surface area contributed by atoms with Crippen molar-refractivity contribution in [3.63, 3.8) is 0 Å². The number of hydrogen-bond acceptors (Lipinski definition) is 4. The minimum Gasteiger partial charge on any atom is -0.311 e. The monoisotopic (exact) mass is 549 g/mol. The summed E-state index contributed by atoms with van der Waals surface area (Å²) >= 11 is 0. The Labute approximate surface area is 244 Å². The molecule has 6 heteroatoms. The molecule has 5 aromatic carbocycles. The van der Waals surface area contributed by atoms with E-state index in [4.69, 9.17) is 0 Å². The number of anilines is 5. The predicted molar refractivity (Wildman–Crippen MR) is 167 cm³/mol. The summed E-state index contributed by atoms with van der Waals surface area (Å²) in [6, 6.07) is 44.7. The van der Waals surface area contributed by atoms with Crippen LogP contribution in [0.15, 0.2) is 152 Å². The van der Waals surface area contributed by atoms with Crippen molar-refractivity contribution in [1.29, 1.82) is 0 Å². The summed E-state index contributed by atoms with van der Waals surface area (Å²) in [5.74, 6) is -2.35. The molecule has 204 valence electrons. The van der Waals surface area contributed by atoms with Crippen LogP contribution in [-0.4, -0.2) is 17.8 Å². The molecule has 1 fully saturated rings. The van der Waals surface area contributed by atoms with Crippen molar-refractivity contribution < 1.29 is 14.4 Å². The van der Waals surface area contributed by atoms with Gasteiger partial charge >= 0.3 is 6.03 Å². The summed E-state index contributed by atoms with van der Waals surface area (Å²) in [6.07, 6.45) is 3.33. The molecule has 1 saturated heterocycles. The van der Waals surface area contributed by atoms with E-state index >= 15 is 0 Å². The van der Waals surface area contributed by atoms with Gasteiger partial charge in [0.2, 0.25) is 0 Å². The molecule has 6 nitrogen and oxygen atoms in total. The maximum Gasteiger partial charge on any atom is 0.342 e. The normalized spacial score (nSPS) is 14.0. The molecule has 1 aliphatic rings. The maximum absolute atomic E-state index is 13.6. The van der Waals surface area contributed by atoms with Gasteiger partial charge in [0.1, 0.15) is 5.92 Å². The van der Waals surface area contributed by atoms with Crippen molar-refractivity contribution in [1.82, 2.24) is 0 Å². The lowest BCUT2D eigenvalue weighted by Crippen LogP contribution is -2.60. The molecular weight excluding hydrogens is 522 g/mol. The second kappa shape index (κ2) is 11.8. The molecule has 0 spiro atoms. The standard InChI is InChI=1S/C36H27N3O3/c40-34-33(35(41)39(31-19-11-4-12-20-31)36(42)38(34)30-17-9-3-10-18-30)26-23-27-21-24-32(25-22-27)37(28-13-5-1-6-14-28)29-15-7-2-8-16-29/h1-26,33H. The second-order valence-corrected chi connectivity index (χ2v) is 9.74. The Bertz CT molecular complexity index is 1620. The summed E-state index contributed by atoms with van der Waals surface area (Å²) < 4.78 is 0. The van der Waals surface area contributed by atoms with Gasteiger partial charge in [-0.25, -0.2) is 14.6 Å². The molecule has 0 aromatic heterocycles. The first kappa shape index (κ1) is 26.5. The summed E-state index contributed by atoms with van der Waals surface area (Å²) in [5.41, 5.74) is 4.64. The fourth-order valence-electron chi connectivity index (χ4n) is 5.01. The average molecular weight is 550 g/mol. The molecule has 1 aliphatic heterocycles. The second-order valence-electron chi connectivity index (χ2n) is 9.74. The zero-order chi connectivity index (χ0) is 28.9. The van der Waals surface area contributed by atoms with Crippen LogP contribution in [-0.2, 0) is 9.59 Å². The van der Waals surface area contributed by atoms with E-state index in [1.807, 2.05) is 60.7 Å². The van der Waals surface area contributed by atoms with Crippen LogP contribution in [0.4, 0.5) is 33.2 Å². The number of amides is 4. The lowest BCUT2D eigenvalue weighted by atomic mass is 10.00. The summed E-state index contributed by atoms with van der Waals surface area (Å²) in [7, 11) is 0. The lowest BCUT2D eigenvalue weighted by molar-refractivity contribution is -0.130. The van der Waals surface area contributed by atoms with Crippen LogP contribution in [0.1, 0.15) is 5.56 Å². The number of carbonyl (C=O) groups is 3. The Morgan fingerprint density at radius 1 is 0.476 bits per heavy atom. The Morgan fingerprint density at radius 2 is 0.857 bits per heavy atom. The van der Waals surface area contributed by atoms with E-state index in [9.17, 15) is 14.4 Å². The average Bonchev–Trinajstić information content (AvgIpc) is 3.04. The van der Waals surface area contributed by atoms with Gasteiger partial charge in [0.05, 0.1) is 11.4 Å². The molecular formula is C36H27N3O3. The molecule has 42 heavy (non-hydrogen) atoms. The van der Waals surface area contributed by atoms with E-state index in [0.717, 1.165) is 32.4 Å². The van der Waals surface area contributed by atoms with Crippen LogP contribution in [0.5, 0.6) is 0 Å². The molecule has 1 heterocycles. The van der Waals surface area contributed by atoms with Gasteiger partial charge in [-0.3, -0.25) is 9.59 Å². The molecule has 0 bridgehead atoms. The molecule has 0 aliphatic carbocycles. The van der Waals surface area contributed by atoms with Crippen LogP contribution >= 0.6 is 0 Å². The minimum atomic E-state index is -1.17. The molecule has 0 unspecified atom stereocenters. The third kappa shape index (κ3) is 5.21. The molecule has 4 amide bonds. The summed E-state index contributed by atoms with van der Waals surface area (Å²) in [5, 5.41) is 0. The van der Waals surface area contributed by atoms with Crippen molar-refractivity contribution in [3.05, 3.63) is 157 Å². The zero-order valence-electron chi connectivity index (χ0n) is 22.7. The number of nitrogens with zero attached hydrogens (tertiary/aromatic N) is 3. The maximum atomic E-state index is 13.6. The van der Waals surface area contributed by atoms with E-state index in [-0.39, 0.29) is 0 Å². The van der Waals surface area contributed by atoms with E-state index < -0.39 is 23.8 Å². The number of barbiturate groups is 1. The van der Waals surface area contributed by atoms with Gasteiger partial charge < -0.3 is 4.90 Å². The van der Waals surface area contributed by atoms with Crippen molar-refractivity contribution in [3.8, 4) is 0 Å². The van der Waals surface area contributed by atoms with Gasteiger partial charge in [-0.2, -0.15) is 0 Å². The molecule has 0 N–H and O–H groups in total. The zero-order valence-corrected chi connectivity index (χ0v) is 22.7. The molecule has 6 rings (SSSR count). The van der Waals surface area contributed by atoms with E-state index in [1.165, 1.54) is 0 Å². The van der Waals surface area contributed by atoms with Crippen LogP contribution in [0.2, 0.25) is 0 Å². The van der Waals surface area contributed by atoms with Crippen LogP contribution in [0.25, 0.3) is 6.08 Å². The van der Waals surface area contributed by atoms with Crippen LogP contribution in [0.3, 0.4) is 0 Å². The SMILES string of the molecule is O=C1C(C=Cc2ccc(N(c3ccccc3)c3ccccc3)cc2)C(=O)N(c2ccccc2)C(=O)N1c1ccccc1. The molecule has 0 radical (unpaired) electrons. The number of imide groups is 2. The van der Waals surface area contributed by atoms with Gasteiger partial charge in [0.25, 0.3) is 11.8 Å². The summed E-state index contributed by atoms with van der Waals surface area (Å²) in [4.78, 5) is 45.0. The van der Waals surface area contributed by atoms with E-state index in [0.29, 0.717) is 11.4 Å². The van der Waals surface area contributed by atoms with Crippen LogP contribution in [0, 0.1) is 5.92 Å². The van der Waals surface area contributed by atoms with Crippen LogP contribution < -0.4 is 14.7 Å². The quantitative estimate of drug-likeness (QED) is 0.193. The first-order valence-corrected chi connectivity index (χ1v) is 13.6. The van der Waals surface area contributed by atoms with Crippen molar-refractivity contribution in [2.45, 2.75) is 0 Å². The highest BCUT2D eigenvalue weighted by Crippen LogP contribution is 2.34. The predicted octanol–water partition coefficient (Wildman–Crippen LogP) is 7.99. The van der Waals surface area contributed by atoms with Gasteiger partial charge in [-0.1, -0.05) is 97.1 Å².